The molecule has 0 unspecified atom stereocenters. The average Bonchev–Trinajstić information content (AvgIpc) is 2.46. The van der Waals surface area contributed by atoms with E-state index in [0.717, 1.165) is 12.5 Å². The number of halogens is 1. The number of nitriles is 1. The fourth-order valence-electron chi connectivity index (χ4n) is 1.37. The largest absolute Gasteiger partial charge is 0.492 e. The zero-order valence-corrected chi connectivity index (χ0v) is 12.5. The molecule has 0 aliphatic rings. The highest BCUT2D eigenvalue weighted by Gasteiger charge is 2.13. The number of thiocarbonyl (C=S) groups is 1. The van der Waals surface area contributed by atoms with Crippen molar-refractivity contribution in [2.75, 3.05) is 26.0 Å². The fourth-order valence-corrected chi connectivity index (χ4v) is 1.57. The first-order valence-corrected chi connectivity index (χ1v) is 6.52. The summed E-state index contributed by atoms with van der Waals surface area (Å²) >= 11 is 5.09. The summed E-state index contributed by atoms with van der Waals surface area (Å²) in [7, 11) is 3.39. The van der Waals surface area contributed by atoms with Gasteiger partial charge in [-0.2, -0.15) is 5.26 Å². The highest BCUT2D eigenvalue weighted by molar-refractivity contribution is 7.80. The molecule has 0 saturated carbocycles. The van der Waals surface area contributed by atoms with Crippen LogP contribution in [0.3, 0.4) is 0 Å². The van der Waals surface area contributed by atoms with Crippen molar-refractivity contribution < 1.29 is 9.13 Å². The number of ether oxygens (including phenoxy) is 1. The lowest BCUT2D eigenvalue weighted by molar-refractivity contribution is 0.316. The van der Waals surface area contributed by atoms with E-state index in [-0.39, 0.29) is 11.3 Å². The Balaban J connectivity index is 3.02. The zero-order valence-electron chi connectivity index (χ0n) is 11.7. The predicted octanol–water partition coefficient (Wildman–Crippen LogP) is 2.25. The van der Waals surface area contributed by atoms with E-state index in [1.54, 1.807) is 14.1 Å². The first kappa shape index (κ1) is 16.1. The molecule has 5 nitrogen and oxygen atoms in total. The first-order valence-electron chi connectivity index (χ1n) is 6.12. The number of nitrogens with one attached hydrogen (secondary N) is 2. The van der Waals surface area contributed by atoms with Crippen molar-refractivity contribution in [2.45, 2.75) is 13.3 Å². The summed E-state index contributed by atoms with van der Waals surface area (Å²) in [5.41, 5.74) is 3.13. The Kier molecular flexibility index (Phi) is 6.15. The van der Waals surface area contributed by atoms with E-state index >= 15 is 0 Å². The van der Waals surface area contributed by atoms with Crippen LogP contribution in [0.4, 0.5) is 10.1 Å². The van der Waals surface area contributed by atoms with Crippen molar-refractivity contribution >= 4 is 23.0 Å². The topological polar surface area (TPSA) is 60.3 Å². The second-order valence-electron chi connectivity index (χ2n) is 4.00. The first-order chi connectivity index (χ1) is 9.53. The Morgan fingerprint density at radius 2 is 2.25 bits per heavy atom. The van der Waals surface area contributed by atoms with E-state index in [9.17, 15) is 4.39 Å². The molecule has 1 aromatic rings. The van der Waals surface area contributed by atoms with Crippen molar-refractivity contribution in [3.8, 4) is 11.8 Å². The lowest BCUT2D eigenvalue weighted by atomic mass is 10.2. The number of benzene rings is 1. The monoisotopic (exact) mass is 296 g/mol. The second kappa shape index (κ2) is 7.62. The minimum Gasteiger partial charge on any atom is -0.492 e. The normalized spacial score (nSPS) is 9.75. The average molecular weight is 296 g/mol. The molecule has 0 amide bonds. The molecule has 0 aliphatic heterocycles. The van der Waals surface area contributed by atoms with E-state index in [0.29, 0.717) is 17.5 Å². The predicted molar refractivity (Wildman–Crippen MR) is 79.9 cm³/mol. The Morgan fingerprint density at radius 1 is 1.55 bits per heavy atom. The molecule has 20 heavy (non-hydrogen) atoms. The SMILES string of the molecule is CCCOc1cc(NC(=S)N(C)NC)c(F)cc1C#N. The molecular formula is C13H17FN4OS. The molecule has 1 rings (SSSR count). The van der Waals surface area contributed by atoms with Gasteiger partial charge in [0, 0.05) is 20.2 Å². The zero-order chi connectivity index (χ0) is 15.1. The maximum Gasteiger partial charge on any atom is 0.187 e. The van der Waals surface area contributed by atoms with Gasteiger partial charge in [0.05, 0.1) is 17.9 Å². The van der Waals surface area contributed by atoms with Gasteiger partial charge in [-0.1, -0.05) is 6.92 Å². The van der Waals surface area contributed by atoms with Crippen LogP contribution >= 0.6 is 12.2 Å². The van der Waals surface area contributed by atoms with Gasteiger partial charge in [0.15, 0.2) is 5.11 Å². The lowest BCUT2D eigenvalue weighted by Gasteiger charge is -2.20. The summed E-state index contributed by atoms with van der Waals surface area (Å²) in [4.78, 5) is 0. The van der Waals surface area contributed by atoms with Crippen molar-refractivity contribution in [1.82, 2.24) is 10.4 Å². The summed E-state index contributed by atoms with van der Waals surface area (Å²) < 4.78 is 19.3. The highest BCUT2D eigenvalue weighted by atomic mass is 32.1. The van der Waals surface area contributed by atoms with Crippen LogP contribution < -0.4 is 15.5 Å². The molecule has 0 bridgehead atoms. The van der Waals surface area contributed by atoms with Gasteiger partial charge < -0.3 is 10.1 Å². The van der Waals surface area contributed by atoms with Gasteiger partial charge in [0.25, 0.3) is 0 Å². The molecular weight excluding hydrogens is 279 g/mol. The van der Waals surface area contributed by atoms with Crippen LogP contribution in [0.2, 0.25) is 0 Å². The molecule has 0 radical (unpaired) electrons. The van der Waals surface area contributed by atoms with Crippen LogP contribution in [-0.2, 0) is 0 Å². The van der Waals surface area contributed by atoms with Crippen molar-refractivity contribution in [2.24, 2.45) is 0 Å². The lowest BCUT2D eigenvalue weighted by Crippen LogP contribution is -2.39. The van der Waals surface area contributed by atoms with Crippen LogP contribution in [-0.4, -0.2) is 30.8 Å². The van der Waals surface area contributed by atoms with Crippen LogP contribution in [0.1, 0.15) is 18.9 Å². The van der Waals surface area contributed by atoms with Crippen molar-refractivity contribution in [3.63, 3.8) is 0 Å². The third-order valence-electron chi connectivity index (χ3n) is 2.53. The smallest absolute Gasteiger partial charge is 0.187 e. The van der Waals surface area contributed by atoms with Crippen LogP contribution in [0.5, 0.6) is 5.75 Å². The van der Waals surface area contributed by atoms with Crippen LogP contribution in [0.15, 0.2) is 12.1 Å². The third kappa shape index (κ3) is 4.05. The van der Waals surface area contributed by atoms with Crippen LogP contribution in [0.25, 0.3) is 0 Å². The Morgan fingerprint density at radius 3 is 2.80 bits per heavy atom. The molecule has 1 aromatic carbocycles. The molecule has 2 N–H and O–H groups in total. The summed E-state index contributed by atoms with van der Waals surface area (Å²) in [5.74, 6) is -0.217. The number of rotatable bonds is 5. The van der Waals surface area contributed by atoms with Gasteiger partial charge in [0.1, 0.15) is 17.6 Å². The third-order valence-corrected chi connectivity index (χ3v) is 2.91. The van der Waals surface area contributed by atoms with E-state index in [1.165, 1.54) is 11.1 Å². The van der Waals surface area contributed by atoms with Gasteiger partial charge in [-0.15, -0.1) is 0 Å². The molecule has 0 aromatic heterocycles. The Labute approximate surface area is 123 Å². The molecule has 0 aliphatic carbocycles. The quantitative estimate of drug-likeness (QED) is 0.642. The van der Waals surface area contributed by atoms with Crippen molar-refractivity contribution in [1.29, 1.82) is 5.26 Å². The minimum absolute atomic E-state index is 0.161. The molecule has 0 atom stereocenters. The van der Waals surface area contributed by atoms with Gasteiger partial charge in [-0.25, -0.2) is 9.82 Å². The molecule has 108 valence electrons. The van der Waals surface area contributed by atoms with Crippen LogP contribution in [0, 0.1) is 17.1 Å². The number of hydrogen-bond donors (Lipinski definition) is 2. The molecule has 0 saturated heterocycles. The molecule has 7 heteroatoms. The number of hydrogen-bond acceptors (Lipinski definition) is 4. The van der Waals surface area contributed by atoms with Gasteiger partial charge >= 0.3 is 0 Å². The molecule has 0 spiro atoms. The maximum atomic E-state index is 13.9. The minimum atomic E-state index is -0.558. The number of hydrazine groups is 1. The van der Waals surface area contributed by atoms with Gasteiger partial charge in [-0.05, 0) is 24.7 Å². The summed E-state index contributed by atoms with van der Waals surface area (Å²) in [6.07, 6.45) is 0.798. The van der Waals surface area contributed by atoms with E-state index in [2.05, 4.69) is 10.7 Å². The van der Waals surface area contributed by atoms with E-state index in [1.807, 2.05) is 13.0 Å². The Hall–Kier alpha value is -1.91. The molecule has 0 fully saturated rings. The molecule has 0 heterocycles. The van der Waals surface area contributed by atoms with E-state index < -0.39 is 5.82 Å². The highest BCUT2D eigenvalue weighted by Crippen LogP contribution is 2.26. The summed E-state index contributed by atoms with van der Waals surface area (Å²) in [6.45, 7) is 2.41. The summed E-state index contributed by atoms with van der Waals surface area (Å²) in [6, 6.07) is 4.49. The fraction of sp³-hybridized carbons (Fsp3) is 0.385. The van der Waals surface area contributed by atoms with Gasteiger partial charge in [0.2, 0.25) is 0 Å². The Bertz CT molecular complexity index is 530. The number of anilines is 1. The second-order valence-corrected chi connectivity index (χ2v) is 4.39. The maximum absolute atomic E-state index is 13.9. The van der Waals surface area contributed by atoms with Gasteiger partial charge in [-0.3, -0.25) is 5.01 Å². The standard InChI is InChI=1S/C13H17FN4OS/c1-4-5-19-12-7-11(10(14)6-9(12)8-15)17-13(20)18(3)16-2/h6-7,16H,4-5H2,1-3H3,(H,17,20). The summed E-state index contributed by atoms with van der Waals surface area (Å²) in [5, 5.41) is 13.6. The van der Waals surface area contributed by atoms with E-state index in [4.69, 9.17) is 22.2 Å². The number of nitrogens with zero attached hydrogens (tertiary/aromatic N) is 2. The van der Waals surface area contributed by atoms with Crippen molar-refractivity contribution in [3.05, 3.63) is 23.5 Å².